The smallest absolute Gasteiger partial charge is 0.0517 e. The summed E-state index contributed by atoms with van der Waals surface area (Å²) < 4.78 is 0. The predicted octanol–water partition coefficient (Wildman–Crippen LogP) is 3.46. The highest BCUT2D eigenvalue weighted by Gasteiger charge is 2.25. The maximum absolute atomic E-state index is 5.72. The van der Waals surface area contributed by atoms with E-state index in [-0.39, 0.29) is 6.17 Å². The maximum Gasteiger partial charge on any atom is 0.0517 e. The van der Waals surface area contributed by atoms with Crippen LogP contribution in [0.1, 0.15) is 58.8 Å². The van der Waals surface area contributed by atoms with Crippen molar-refractivity contribution in [3.63, 3.8) is 0 Å². The summed E-state index contributed by atoms with van der Waals surface area (Å²) in [5.74, 6) is 0. The average molecular weight is 321 g/mol. The van der Waals surface area contributed by atoms with E-state index in [2.05, 4.69) is 23.7 Å². The van der Waals surface area contributed by atoms with E-state index in [0.717, 1.165) is 26.1 Å². The van der Waals surface area contributed by atoms with E-state index in [0.29, 0.717) is 6.04 Å². The number of hydrogen-bond acceptors (Lipinski definition) is 4. The van der Waals surface area contributed by atoms with Crippen molar-refractivity contribution in [2.45, 2.75) is 71.0 Å². The first-order valence-corrected chi connectivity index (χ1v) is 9.26. The molecule has 4 nitrogen and oxygen atoms in total. The molecule has 2 atom stereocenters. The molecule has 0 bridgehead atoms. The molecule has 0 heterocycles. The van der Waals surface area contributed by atoms with E-state index in [1.54, 1.807) is 6.08 Å². The molecule has 0 aliphatic heterocycles. The molecular formula is C19H36N4. The summed E-state index contributed by atoms with van der Waals surface area (Å²) in [6.45, 7) is 11.3. The van der Waals surface area contributed by atoms with Crippen molar-refractivity contribution in [2.24, 2.45) is 10.7 Å². The summed E-state index contributed by atoms with van der Waals surface area (Å²) in [7, 11) is 0. The Hall–Kier alpha value is -0.970. The number of aliphatic imine (C=N–C) groups is 1. The van der Waals surface area contributed by atoms with Crippen LogP contribution < -0.4 is 11.1 Å². The van der Waals surface area contributed by atoms with Crippen LogP contribution in [0.5, 0.6) is 0 Å². The zero-order chi connectivity index (χ0) is 16.9. The lowest BCUT2D eigenvalue weighted by molar-refractivity contribution is 0.217. The molecule has 132 valence electrons. The average Bonchev–Trinajstić information content (AvgIpc) is 2.54. The van der Waals surface area contributed by atoms with E-state index in [9.17, 15) is 0 Å². The second-order valence-electron chi connectivity index (χ2n) is 6.45. The van der Waals surface area contributed by atoms with Crippen LogP contribution in [0.2, 0.25) is 0 Å². The number of hydrogen-bond donors (Lipinski definition) is 2. The van der Waals surface area contributed by atoms with Crippen molar-refractivity contribution in [1.29, 1.82) is 0 Å². The van der Waals surface area contributed by atoms with Gasteiger partial charge in [-0.05, 0) is 71.2 Å². The fraction of sp³-hybridized carbons (Fsp3) is 0.737. The molecule has 0 aromatic carbocycles. The van der Waals surface area contributed by atoms with Gasteiger partial charge in [0, 0.05) is 18.0 Å². The predicted molar refractivity (Wildman–Crippen MR) is 102 cm³/mol. The van der Waals surface area contributed by atoms with Gasteiger partial charge >= 0.3 is 0 Å². The Bertz CT molecular complexity index is 374. The minimum Gasteiger partial charge on any atom is -0.316 e. The first-order chi connectivity index (χ1) is 11.2. The summed E-state index contributed by atoms with van der Waals surface area (Å²) in [5.41, 5.74) is 7.08. The van der Waals surface area contributed by atoms with E-state index in [1.165, 1.54) is 44.2 Å². The number of unbranched alkanes of at least 4 members (excludes halogenated alkanes) is 1. The number of nitrogens with two attached hydrogens (primary N) is 1. The van der Waals surface area contributed by atoms with Gasteiger partial charge in [-0.15, -0.1) is 0 Å². The summed E-state index contributed by atoms with van der Waals surface area (Å²) in [6, 6.07) is 0.527. The maximum atomic E-state index is 5.72. The van der Waals surface area contributed by atoms with Crippen LogP contribution >= 0.6 is 0 Å². The molecule has 0 spiro atoms. The third kappa shape index (κ3) is 8.45. The first kappa shape index (κ1) is 20.1. The quantitative estimate of drug-likeness (QED) is 0.348. The third-order valence-electron chi connectivity index (χ3n) is 4.30. The zero-order valence-corrected chi connectivity index (χ0v) is 15.1. The molecule has 1 saturated carbocycles. The molecule has 0 saturated heterocycles. The van der Waals surface area contributed by atoms with Gasteiger partial charge in [0.1, 0.15) is 0 Å². The van der Waals surface area contributed by atoms with Gasteiger partial charge in [-0.2, -0.15) is 0 Å². The highest BCUT2D eigenvalue weighted by molar-refractivity contribution is 5.90. The van der Waals surface area contributed by atoms with Crippen LogP contribution in [0.15, 0.2) is 29.9 Å². The molecular weight excluding hydrogens is 284 g/mol. The Labute approximate surface area is 142 Å². The molecule has 23 heavy (non-hydrogen) atoms. The Morgan fingerprint density at radius 3 is 2.91 bits per heavy atom. The van der Waals surface area contributed by atoms with Crippen molar-refractivity contribution < 1.29 is 0 Å². The lowest BCUT2D eigenvalue weighted by atomic mass is 9.91. The molecule has 0 amide bonds. The number of nitrogens with zero attached hydrogens (tertiary/aromatic N) is 2. The Balaban J connectivity index is 2.55. The lowest BCUT2D eigenvalue weighted by Gasteiger charge is -2.35. The van der Waals surface area contributed by atoms with Gasteiger partial charge in [0.15, 0.2) is 0 Å². The summed E-state index contributed by atoms with van der Waals surface area (Å²) in [6.07, 6.45) is 14.3. The normalized spacial score (nSPS) is 22.1. The summed E-state index contributed by atoms with van der Waals surface area (Å²) in [4.78, 5) is 7.36. The molecule has 1 aliphatic carbocycles. The van der Waals surface area contributed by atoms with Gasteiger partial charge in [0.05, 0.1) is 6.17 Å². The highest BCUT2D eigenvalue weighted by Crippen LogP contribution is 2.22. The molecule has 0 aromatic heterocycles. The molecule has 1 aliphatic rings. The van der Waals surface area contributed by atoms with Crippen LogP contribution in [0, 0.1) is 0 Å². The topological polar surface area (TPSA) is 53.6 Å². The van der Waals surface area contributed by atoms with Gasteiger partial charge in [-0.1, -0.05) is 26.0 Å². The number of rotatable bonds is 11. The fourth-order valence-electron chi connectivity index (χ4n) is 3.20. The molecule has 2 unspecified atom stereocenters. The van der Waals surface area contributed by atoms with E-state index in [1.807, 2.05) is 19.2 Å². The van der Waals surface area contributed by atoms with Crippen molar-refractivity contribution in [2.75, 3.05) is 19.6 Å². The van der Waals surface area contributed by atoms with Gasteiger partial charge in [0.25, 0.3) is 0 Å². The summed E-state index contributed by atoms with van der Waals surface area (Å²) >= 11 is 0. The highest BCUT2D eigenvalue weighted by atomic mass is 15.2. The van der Waals surface area contributed by atoms with E-state index >= 15 is 0 Å². The van der Waals surface area contributed by atoms with Crippen LogP contribution in [0.3, 0.4) is 0 Å². The second-order valence-corrected chi connectivity index (χ2v) is 6.45. The molecule has 4 heteroatoms. The van der Waals surface area contributed by atoms with Crippen molar-refractivity contribution in [3.8, 4) is 0 Å². The first-order valence-electron chi connectivity index (χ1n) is 9.26. The number of nitrogens with one attached hydrogen (secondary N) is 1. The molecule has 0 aromatic rings. The van der Waals surface area contributed by atoms with Crippen LogP contribution in [0.25, 0.3) is 0 Å². The minimum absolute atomic E-state index is 0.0930. The van der Waals surface area contributed by atoms with Crippen molar-refractivity contribution >= 4 is 5.71 Å². The van der Waals surface area contributed by atoms with Crippen LogP contribution in [0.4, 0.5) is 0 Å². The minimum atomic E-state index is 0.0930. The van der Waals surface area contributed by atoms with E-state index in [4.69, 9.17) is 10.7 Å². The largest absolute Gasteiger partial charge is 0.316 e. The second kappa shape index (κ2) is 12.5. The van der Waals surface area contributed by atoms with Gasteiger partial charge < -0.3 is 11.1 Å². The van der Waals surface area contributed by atoms with Crippen molar-refractivity contribution in [3.05, 3.63) is 24.9 Å². The molecule has 1 fully saturated rings. The zero-order valence-electron chi connectivity index (χ0n) is 15.1. The standard InChI is InChI=1S/C19H36N4/c1-4-6-13-22-18-11-7-8-12-19(18)23(15-5-2)16-10-9-14-21-17(3)20/h4,6,13,17,19,21H,1,5,7-12,14-16,20H2,2-3H3/b13-6-,22-18+. The fourth-order valence-corrected chi connectivity index (χ4v) is 3.20. The Morgan fingerprint density at radius 2 is 2.22 bits per heavy atom. The Kier molecular flexibility index (Phi) is 10.9. The van der Waals surface area contributed by atoms with Crippen molar-refractivity contribution in [1.82, 2.24) is 10.2 Å². The van der Waals surface area contributed by atoms with E-state index < -0.39 is 0 Å². The van der Waals surface area contributed by atoms with Gasteiger partial charge in [-0.3, -0.25) is 9.89 Å². The molecule has 1 rings (SSSR count). The third-order valence-corrected chi connectivity index (χ3v) is 4.30. The van der Waals surface area contributed by atoms with Crippen LogP contribution in [-0.4, -0.2) is 42.5 Å². The summed E-state index contributed by atoms with van der Waals surface area (Å²) in [5, 5.41) is 3.29. The van der Waals surface area contributed by atoms with Crippen LogP contribution in [-0.2, 0) is 0 Å². The van der Waals surface area contributed by atoms with Gasteiger partial charge in [-0.25, -0.2) is 0 Å². The molecule has 3 N–H and O–H groups in total. The van der Waals surface area contributed by atoms with Gasteiger partial charge in [0.2, 0.25) is 0 Å². The number of allylic oxidation sites excluding steroid dienone is 2. The lowest BCUT2D eigenvalue weighted by Crippen LogP contribution is -2.44. The SMILES string of the molecule is C=C/C=C\N=C1/CCCCC1N(CCC)CCCCNC(C)N. The molecule has 0 radical (unpaired) electrons. The Morgan fingerprint density at radius 1 is 1.39 bits per heavy atom. The monoisotopic (exact) mass is 320 g/mol.